The van der Waals surface area contributed by atoms with Gasteiger partial charge < -0.3 is 5.73 Å². The van der Waals surface area contributed by atoms with Crippen molar-refractivity contribution in [2.24, 2.45) is 0 Å². The van der Waals surface area contributed by atoms with Crippen LogP contribution in [0.15, 0.2) is 41.3 Å². The predicted molar refractivity (Wildman–Crippen MR) is 108 cm³/mol. The Morgan fingerprint density at radius 3 is 2.30 bits per heavy atom. The molecule has 0 unspecified atom stereocenters. The Labute approximate surface area is 176 Å². The van der Waals surface area contributed by atoms with E-state index < -0.39 is 26.8 Å². The van der Waals surface area contributed by atoms with Crippen LogP contribution in [-0.2, 0) is 22.4 Å². The number of nitrogens with zero attached hydrogens (tertiary/aromatic N) is 2. The van der Waals surface area contributed by atoms with Crippen molar-refractivity contribution in [3.63, 3.8) is 0 Å². The van der Waals surface area contributed by atoms with E-state index in [1.807, 2.05) is 0 Å². The summed E-state index contributed by atoms with van der Waals surface area (Å²) < 4.78 is 65.9. The summed E-state index contributed by atoms with van der Waals surface area (Å²) in [6, 6.07) is 7.60. The average molecular weight is 459 g/mol. The van der Waals surface area contributed by atoms with E-state index in [0.29, 0.717) is 5.82 Å². The minimum atomic E-state index is -4.68. The van der Waals surface area contributed by atoms with Crippen LogP contribution >= 0.6 is 11.6 Å². The second-order valence-corrected chi connectivity index (χ2v) is 9.84. The number of aromatic nitrogens is 3. The first-order valence-corrected chi connectivity index (χ1v) is 10.7. The second kappa shape index (κ2) is 7.92. The van der Waals surface area contributed by atoms with E-state index in [1.165, 1.54) is 44.2 Å². The van der Waals surface area contributed by atoms with Gasteiger partial charge in [0.05, 0.1) is 15.7 Å². The fourth-order valence-electron chi connectivity index (χ4n) is 2.95. The number of hydrogen-bond donors (Lipinski definition) is 2. The lowest BCUT2D eigenvalue weighted by atomic mass is 9.96. The van der Waals surface area contributed by atoms with E-state index >= 15 is 0 Å². The number of halogens is 4. The Morgan fingerprint density at radius 2 is 1.80 bits per heavy atom. The Bertz CT molecular complexity index is 1170. The molecule has 1 aromatic heterocycles. The molecule has 0 atom stereocenters. The number of rotatable bonds is 5. The maximum Gasteiger partial charge on any atom is 0.417 e. The molecular weight excluding hydrogens is 441 g/mol. The molecule has 11 heteroatoms. The van der Waals surface area contributed by atoms with Gasteiger partial charge in [-0.3, -0.25) is 5.10 Å². The van der Waals surface area contributed by atoms with Gasteiger partial charge in [-0.2, -0.15) is 18.2 Å². The Hall–Kier alpha value is -2.59. The Balaban J connectivity index is 2.08. The maximum atomic E-state index is 13.8. The smallest absolute Gasteiger partial charge is 0.367 e. The molecule has 0 aliphatic heterocycles. The molecule has 0 fully saturated rings. The third-order valence-corrected chi connectivity index (χ3v) is 6.94. The minimum absolute atomic E-state index is 0.0137. The topological polar surface area (TPSA) is 102 Å². The highest BCUT2D eigenvalue weighted by Gasteiger charge is 2.35. The number of anilines is 1. The number of nitrogens with one attached hydrogen (secondary N) is 1. The van der Waals surface area contributed by atoms with Crippen molar-refractivity contribution in [1.82, 2.24) is 15.2 Å². The van der Waals surface area contributed by atoms with Crippen molar-refractivity contribution < 1.29 is 21.6 Å². The Kier molecular flexibility index (Phi) is 5.83. The predicted octanol–water partition coefficient (Wildman–Crippen LogP) is 4.50. The molecule has 0 amide bonds. The van der Waals surface area contributed by atoms with Gasteiger partial charge in [0.25, 0.3) is 0 Å². The van der Waals surface area contributed by atoms with E-state index in [9.17, 15) is 21.6 Å². The molecule has 1 heterocycles. The van der Waals surface area contributed by atoms with Gasteiger partial charge in [-0.25, -0.2) is 8.42 Å². The molecule has 3 N–H and O–H groups in total. The number of alkyl halides is 3. The first-order valence-electron chi connectivity index (χ1n) is 8.80. The summed E-state index contributed by atoms with van der Waals surface area (Å²) in [5.74, 6) is 0.285. The average Bonchev–Trinajstić information content (AvgIpc) is 3.05. The molecule has 3 aromatic rings. The molecule has 0 spiro atoms. The van der Waals surface area contributed by atoms with E-state index in [0.717, 1.165) is 6.07 Å². The van der Waals surface area contributed by atoms with Crippen molar-refractivity contribution in [2.75, 3.05) is 5.73 Å². The molecule has 0 radical (unpaired) electrons. The quantitative estimate of drug-likeness (QED) is 0.586. The summed E-state index contributed by atoms with van der Waals surface area (Å²) in [7, 11) is -3.55. The van der Waals surface area contributed by atoms with Crippen LogP contribution < -0.4 is 5.73 Å². The van der Waals surface area contributed by atoms with E-state index in [-0.39, 0.29) is 39.0 Å². The summed E-state index contributed by atoms with van der Waals surface area (Å²) >= 11 is 6.24. The SMILES string of the molecule is CC(C)S(=O)(=O)c1ccc(-c2c(Cl)cc(Cc3nc(N)n[nH]3)cc2C(F)(F)F)cc1. The molecule has 160 valence electrons. The van der Waals surface area contributed by atoms with E-state index in [1.54, 1.807) is 0 Å². The highest BCUT2D eigenvalue weighted by molar-refractivity contribution is 7.92. The van der Waals surface area contributed by atoms with Gasteiger partial charge in [0.15, 0.2) is 9.84 Å². The van der Waals surface area contributed by atoms with Crippen molar-refractivity contribution in [3.8, 4) is 11.1 Å². The number of benzene rings is 2. The van der Waals surface area contributed by atoms with Gasteiger partial charge in [0.2, 0.25) is 5.95 Å². The summed E-state index contributed by atoms with van der Waals surface area (Å²) in [4.78, 5) is 3.92. The number of aromatic amines is 1. The largest absolute Gasteiger partial charge is 0.417 e. The Morgan fingerprint density at radius 1 is 1.17 bits per heavy atom. The van der Waals surface area contributed by atoms with Crippen LogP contribution in [0.4, 0.5) is 19.1 Å². The van der Waals surface area contributed by atoms with Gasteiger partial charge in [-0.05, 0) is 49.2 Å². The molecule has 0 bridgehead atoms. The molecular formula is C19H18ClF3N4O2S. The number of nitrogens with two attached hydrogens (primary N) is 1. The highest BCUT2D eigenvalue weighted by atomic mass is 35.5. The number of hydrogen-bond acceptors (Lipinski definition) is 5. The van der Waals surface area contributed by atoms with Crippen LogP contribution in [-0.4, -0.2) is 28.8 Å². The number of nitrogen functional groups attached to an aromatic ring is 1. The molecule has 0 aliphatic rings. The first-order chi connectivity index (χ1) is 13.9. The zero-order valence-electron chi connectivity index (χ0n) is 16.0. The second-order valence-electron chi connectivity index (χ2n) is 6.93. The first kappa shape index (κ1) is 22.1. The van der Waals surface area contributed by atoms with Gasteiger partial charge >= 0.3 is 6.18 Å². The fourth-order valence-corrected chi connectivity index (χ4v) is 4.36. The molecule has 6 nitrogen and oxygen atoms in total. The van der Waals surface area contributed by atoms with E-state index in [2.05, 4.69) is 15.2 Å². The third-order valence-electron chi connectivity index (χ3n) is 4.47. The molecule has 2 aromatic carbocycles. The van der Waals surface area contributed by atoms with Crippen LogP contribution in [0.5, 0.6) is 0 Å². The molecule has 3 rings (SSSR count). The van der Waals surface area contributed by atoms with Crippen LogP contribution in [0.1, 0.15) is 30.8 Å². The van der Waals surface area contributed by atoms with Crippen molar-refractivity contribution >= 4 is 27.4 Å². The van der Waals surface area contributed by atoms with Crippen LogP contribution in [0.25, 0.3) is 11.1 Å². The normalized spacial score (nSPS) is 12.5. The lowest BCUT2D eigenvalue weighted by molar-refractivity contribution is -0.137. The molecule has 30 heavy (non-hydrogen) atoms. The van der Waals surface area contributed by atoms with Crippen molar-refractivity contribution in [2.45, 2.75) is 36.6 Å². The highest BCUT2D eigenvalue weighted by Crippen LogP contribution is 2.42. The van der Waals surface area contributed by atoms with Crippen LogP contribution in [0.2, 0.25) is 5.02 Å². The van der Waals surface area contributed by atoms with Crippen LogP contribution in [0.3, 0.4) is 0 Å². The zero-order valence-corrected chi connectivity index (χ0v) is 17.5. The maximum absolute atomic E-state index is 13.8. The summed E-state index contributed by atoms with van der Waals surface area (Å²) in [6.45, 7) is 3.06. The lowest BCUT2D eigenvalue weighted by Gasteiger charge is -2.17. The lowest BCUT2D eigenvalue weighted by Crippen LogP contribution is -2.14. The van der Waals surface area contributed by atoms with Gasteiger partial charge in [-0.15, -0.1) is 5.10 Å². The zero-order chi connectivity index (χ0) is 22.3. The molecule has 0 saturated heterocycles. The van der Waals surface area contributed by atoms with E-state index in [4.69, 9.17) is 17.3 Å². The number of sulfone groups is 1. The van der Waals surface area contributed by atoms with Gasteiger partial charge in [0, 0.05) is 17.0 Å². The fraction of sp³-hybridized carbons (Fsp3) is 0.263. The molecule has 0 aliphatic carbocycles. The van der Waals surface area contributed by atoms with Crippen molar-refractivity contribution in [3.05, 3.63) is 58.4 Å². The van der Waals surface area contributed by atoms with Crippen LogP contribution in [0, 0.1) is 0 Å². The monoisotopic (exact) mass is 458 g/mol. The summed E-state index contributed by atoms with van der Waals surface area (Å²) in [6.07, 6.45) is -4.66. The third kappa shape index (κ3) is 4.44. The van der Waals surface area contributed by atoms with Crippen molar-refractivity contribution in [1.29, 1.82) is 0 Å². The number of H-pyrrole nitrogens is 1. The molecule has 0 saturated carbocycles. The minimum Gasteiger partial charge on any atom is -0.367 e. The summed E-state index contributed by atoms with van der Waals surface area (Å²) in [5, 5.41) is 5.42. The van der Waals surface area contributed by atoms with Gasteiger partial charge in [0.1, 0.15) is 5.82 Å². The summed E-state index contributed by atoms with van der Waals surface area (Å²) in [5.41, 5.74) is 4.69. The van der Waals surface area contributed by atoms with Gasteiger partial charge in [-0.1, -0.05) is 23.7 Å². The standard InChI is InChI=1S/C19H18ClF3N4O2S/c1-10(2)30(28,29)13-5-3-12(4-6-13)17-14(19(21,22)23)7-11(8-15(17)20)9-16-25-18(24)27-26-16/h3-8,10H,9H2,1-2H3,(H3,24,25,26,27).